The molecule has 0 saturated carbocycles. The van der Waals surface area contributed by atoms with E-state index in [2.05, 4.69) is 6.92 Å². The van der Waals surface area contributed by atoms with Gasteiger partial charge in [-0.05, 0) is 19.4 Å². The second-order valence-electron chi connectivity index (χ2n) is 3.33. The maximum absolute atomic E-state index is 10.5. The first kappa shape index (κ1) is 10.5. The Morgan fingerprint density at radius 1 is 1.73 bits per heavy atom. The van der Waals surface area contributed by atoms with Gasteiger partial charge < -0.3 is 10.5 Å². The molecule has 0 heterocycles. The molecule has 0 aromatic heterocycles. The summed E-state index contributed by atoms with van der Waals surface area (Å²) in [7, 11) is 1.02. The van der Waals surface area contributed by atoms with E-state index in [1.54, 1.807) is 0 Å². The number of ether oxygens (including phenoxy) is 1. The summed E-state index contributed by atoms with van der Waals surface area (Å²) in [6.45, 7) is 5.89. The largest absolute Gasteiger partial charge is 0.444 e. The van der Waals surface area contributed by atoms with Crippen LogP contribution in [0, 0.1) is 0 Å². The van der Waals surface area contributed by atoms with E-state index in [4.69, 9.17) is 10.5 Å². The van der Waals surface area contributed by atoms with Gasteiger partial charge in [-0.1, -0.05) is 13.3 Å². The predicted octanol–water partition coefficient (Wildman–Crippen LogP) is 0.424. The average Bonchev–Trinajstić information content (AvgIpc) is 1.83. The molecule has 11 heavy (non-hydrogen) atoms. The molecule has 2 N–H and O–H groups in total. The smallest absolute Gasteiger partial charge is 0.405 e. The van der Waals surface area contributed by atoms with E-state index >= 15 is 0 Å². The molecule has 1 unspecified atom stereocenters. The highest BCUT2D eigenvalue weighted by Crippen LogP contribution is 2.26. The van der Waals surface area contributed by atoms with E-state index in [0.29, 0.717) is 5.54 Å². The zero-order valence-electron chi connectivity index (χ0n) is 7.68. The topological polar surface area (TPSA) is 52.3 Å². The highest BCUT2D eigenvalue weighted by Gasteiger charge is 2.27. The van der Waals surface area contributed by atoms with Crippen LogP contribution in [0.5, 0.6) is 0 Å². The van der Waals surface area contributed by atoms with Crippen LogP contribution in [0.15, 0.2) is 0 Å². The summed E-state index contributed by atoms with van der Waals surface area (Å²) in [6.07, 6.45) is 0.358. The van der Waals surface area contributed by atoms with E-state index < -0.39 is 6.09 Å². The van der Waals surface area contributed by atoms with Crippen LogP contribution in [0.25, 0.3) is 0 Å². The molecule has 0 aliphatic heterocycles. The van der Waals surface area contributed by atoms with Crippen LogP contribution in [0.2, 0.25) is 5.54 Å². The molecule has 1 amide bonds. The standard InChI is InChI=1S/C7H17NO2Si/c1-4-5(11)7(2,3)10-6(8)9/h5H,4H2,1-3,11H3,(H2,8,9). The number of nitrogens with two attached hydrogens (primary N) is 1. The molecule has 4 heteroatoms. The number of hydrogen-bond acceptors (Lipinski definition) is 2. The lowest BCUT2D eigenvalue weighted by Gasteiger charge is -2.29. The molecule has 0 aliphatic carbocycles. The maximum atomic E-state index is 10.5. The van der Waals surface area contributed by atoms with Gasteiger partial charge in [-0.25, -0.2) is 4.79 Å². The quantitative estimate of drug-likeness (QED) is 0.632. The van der Waals surface area contributed by atoms with E-state index in [1.807, 2.05) is 13.8 Å². The summed E-state index contributed by atoms with van der Waals surface area (Å²) < 4.78 is 4.96. The normalized spacial score (nSPS) is 14.5. The Morgan fingerprint density at radius 3 is 2.45 bits per heavy atom. The average molecular weight is 175 g/mol. The van der Waals surface area contributed by atoms with Crippen LogP contribution in [-0.4, -0.2) is 21.9 Å². The van der Waals surface area contributed by atoms with Crippen molar-refractivity contribution >= 4 is 16.3 Å². The molecule has 0 radical (unpaired) electrons. The first-order valence-corrected chi connectivity index (χ1v) is 5.04. The van der Waals surface area contributed by atoms with Gasteiger partial charge in [0, 0.05) is 10.2 Å². The van der Waals surface area contributed by atoms with E-state index in [-0.39, 0.29) is 5.60 Å². The number of rotatable bonds is 3. The van der Waals surface area contributed by atoms with Gasteiger partial charge >= 0.3 is 6.09 Å². The predicted molar refractivity (Wildman–Crippen MR) is 48.7 cm³/mol. The van der Waals surface area contributed by atoms with E-state index in [0.717, 1.165) is 16.7 Å². The molecular formula is C7H17NO2Si. The third-order valence-electron chi connectivity index (χ3n) is 2.16. The van der Waals surface area contributed by atoms with E-state index in [1.165, 1.54) is 0 Å². The minimum atomic E-state index is -0.677. The fourth-order valence-electron chi connectivity index (χ4n) is 0.851. The lowest BCUT2D eigenvalue weighted by molar-refractivity contribution is 0.0394. The van der Waals surface area contributed by atoms with Crippen LogP contribution >= 0.6 is 0 Å². The second-order valence-corrected chi connectivity index (χ2v) is 4.73. The Bertz CT molecular complexity index is 147. The zero-order chi connectivity index (χ0) is 9.07. The molecule has 0 fully saturated rings. The van der Waals surface area contributed by atoms with Gasteiger partial charge in [0.05, 0.1) is 0 Å². The molecule has 3 nitrogen and oxygen atoms in total. The summed E-state index contributed by atoms with van der Waals surface area (Å²) in [5.41, 5.74) is 5.01. The molecular weight excluding hydrogens is 158 g/mol. The molecule has 0 rings (SSSR count). The van der Waals surface area contributed by atoms with Gasteiger partial charge in [-0.2, -0.15) is 0 Å². The van der Waals surface area contributed by atoms with Crippen LogP contribution in [0.4, 0.5) is 4.79 Å². The van der Waals surface area contributed by atoms with Crippen LogP contribution in [0.3, 0.4) is 0 Å². The lowest BCUT2D eigenvalue weighted by atomic mass is 10.0. The van der Waals surface area contributed by atoms with Gasteiger partial charge in [-0.15, -0.1) is 0 Å². The Balaban J connectivity index is 4.08. The molecule has 0 bridgehead atoms. The van der Waals surface area contributed by atoms with Crippen molar-refractivity contribution in [3.63, 3.8) is 0 Å². The molecule has 0 aromatic carbocycles. The van der Waals surface area contributed by atoms with Crippen molar-refractivity contribution in [2.75, 3.05) is 0 Å². The first-order chi connectivity index (χ1) is 4.90. The summed E-state index contributed by atoms with van der Waals surface area (Å²) >= 11 is 0. The van der Waals surface area contributed by atoms with Gasteiger partial charge in [0.15, 0.2) is 0 Å². The van der Waals surface area contributed by atoms with Crippen molar-refractivity contribution in [1.82, 2.24) is 0 Å². The maximum Gasteiger partial charge on any atom is 0.405 e. The Morgan fingerprint density at radius 2 is 2.18 bits per heavy atom. The highest BCUT2D eigenvalue weighted by molar-refractivity contribution is 6.12. The van der Waals surface area contributed by atoms with Crippen molar-refractivity contribution in [1.29, 1.82) is 0 Å². The SMILES string of the molecule is CCC([SiH3])C(C)(C)OC(N)=O. The third-order valence-corrected chi connectivity index (χ3v) is 4.37. The Labute approximate surface area is 70.7 Å². The molecule has 0 aromatic rings. The Hall–Kier alpha value is -0.513. The van der Waals surface area contributed by atoms with Gasteiger partial charge in [0.2, 0.25) is 0 Å². The fourth-order valence-corrected chi connectivity index (χ4v) is 0.969. The fraction of sp³-hybridized carbons (Fsp3) is 0.857. The molecule has 0 saturated heterocycles. The molecule has 0 aliphatic rings. The van der Waals surface area contributed by atoms with E-state index in [9.17, 15) is 4.79 Å². The lowest BCUT2D eigenvalue weighted by Crippen LogP contribution is -2.35. The van der Waals surface area contributed by atoms with Crippen LogP contribution < -0.4 is 5.73 Å². The van der Waals surface area contributed by atoms with Crippen LogP contribution in [-0.2, 0) is 4.74 Å². The minimum absolute atomic E-state index is 0.382. The van der Waals surface area contributed by atoms with Crippen LogP contribution in [0.1, 0.15) is 27.2 Å². The number of hydrogen-bond donors (Lipinski definition) is 1. The second kappa shape index (κ2) is 3.76. The Kier molecular flexibility index (Phi) is 3.58. The minimum Gasteiger partial charge on any atom is -0.444 e. The molecule has 0 spiro atoms. The summed E-state index contributed by atoms with van der Waals surface area (Å²) in [5.74, 6) is 0. The summed E-state index contributed by atoms with van der Waals surface area (Å²) in [6, 6.07) is 0. The van der Waals surface area contributed by atoms with Gasteiger partial charge in [0.25, 0.3) is 0 Å². The van der Waals surface area contributed by atoms with Crippen molar-refractivity contribution in [2.45, 2.75) is 38.3 Å². The first-order valence-electron chi connectivity index (χ1n) is 3.88. The number of carbonyl (C=O) groups is 1. The summed E-state index contributed by atoms with van der Waals surface area (Å²) in [5, 5.41) is 0. The van der Waals surface area contributed by atoms with Crippen molar-refractivity contribution in [3.05, 3.63) is 0 Å². The van der Waals surface area contributed by atoms with Crippen molar-refractivity contribution in [2.24, 2.45) is 5.73 Å². The van der Waals surface area contributed by atoms with Crippen molar-refractivity contribution < 1.29 is 9.53 Å². The van der Waals surface area contributed by atoms with Gasteiger partial charge in [-0.3, -0.25) is 0 Å². The number of primary amides is 1. The molecule has 1 atom stereocenters. The zero-order valence-corrected chi connectivity index (χ0v) is 9.68. The monoisotopic (exact) mass is 175 g/mol. The van der Waals surface area contributed by atoms with Crippen molar-refractivity contribution in [3.8, 4) is 0 Å². The van der Waals surface area contributed by atoms with Gasteiger partial charge in [0.1, 0.15) is 5.60 Å². The molecule has 66 valence electrons. The summed E-state index contributed by atoms with van der Waals surface area (Å²) in [4.78, 5) is 10.5. The number of amides is 1. The third kappa shape index (κ3) is 3.41. The highest BCUT2D eigenvalue weighted by atomic mass is 28.1. The number of carbonyl (C=O) groups excluding carboxylic acids is 1.